The van der Waals surface area contributed by atoms with Gasteiger partial charge in [-0.2, -0.15) is 0 Å². The molecule has 236 valence electrons. The van der Waals surface area contributed by atoms with Crippen LogP contribution in [0.2, 0.25) is 0 Å². The number of carbonyl (C=O) groups is 1. The first-order valence-electron chi connectivity index (χ1n) is 18.6. The summed E-state index contributed by atoms with van der Waals surface area (Å²) in [4.78, 5) is 12.7. The SMILES string of the molecule is CCCCCCCCCCCC(=O)OC1CC[C@@]2(C)C(=CCC3C4CCC([C@H](C)CCCC(C)C)[C@@]4(C)CCC32)C1. The smallest absolute Gasteiger partial charge is 0.306 e. The summed E-state index contributed by atoms with van der Waals surface area (Å²) in [5, 5.41) is 0. The molecule has 0 N–H and O–H groups in total. The van der Waals surface area contributed by atoms with E-state index in [2.05, 4.69) is 47.6 Å². The number of esters is 1. The van der Waals surface area contributed by atoms with Gasteiger partial charge in [-0.1, -0.05) is 124 Å². The Morgan fingerprint density at radius 2 is 1.56 bits per heavy atom. The minimum atomic E-state index is 0.0591. The van der Waals surface area contributed by atoms with Crippen LogP contribution in [0, 0.1) is 46.3 Å². The average molecular weight is 569 g/mol. The molecule has 0 heterocycles. The van der Waals surface area contributed by atoms with Gasteiger partial charge in [0.05, 0.1) is 0 Å². The molecule has 2 nitrogen and oxygen atoms in total. The zero-order valence-electron chi connectivity index (χ0n) is 28.3. The summed E-state index contributed by atoms with van der Waals surface area (Å²) in [6.07, 6.45) is 29.6. The van der Waals surface area contributed by atoms with Crippen molar-refractivity contribution in [3.8, 4) is 0 Å². The zero-order valence-corrected chi connectivity index (χ0v) is 28.3. The maximum atomic E-state index is 12.7. The van der Waals surface area contributed by atoms with Crippen LogP contribution in [0.1, 0.15) is 176 Å². The van der Waals surface area contributed by atoms with Crippen LogP contribution in [0.15, 0.2) is 11.6 Å². The Bertz CT molecular complexity index is 843. The Morgan fingerprint density at radius 1 is 0.854 bits per heavy atom. The Balaban J connectivity index is 1.24. The van der Waals surface area contributed by atoms with Crippen molar-refractivity contribution in [2.24, 2.45) is 46.3 Å². The number of hydrogen-bond donors (Lipinski definition) is 0. The first-order chi connectivity index (χ1) is 19.7. The molecule has 0 aromatic rings. The molecule has 3 saturated carbocycles. The normalized spacial score (nSPS) is 35.4. The molecule has 0 amide bonds. The summed E-state index contributed by atoms with van der Waals surface area (Å²) in [7, 11) is 0. The maximum absolute atomic E-state index is 12.7. The highest BCUT2D eigenvalue weighted by Crippen LogP contribution is 2.67. The lowest BCUT2D eigenvalue weighted by atomic mass is 9.47. The molecule has 5 unspecified atom stereocenters. The Morgan fingerprint density at radius 3 is 2.27 bits per heavy atom. The van der Waals surface area contributed by atoms with Crippen LogP contribution in [-0.4, -0.2) is 12.1 Å². The summed E-state index contributed by atoms with van der Waals surface area (Å²) in [6, 6.07) is 0. The van der Waals surface area contributed by atoms with E-state index in [-0.39, 0.29) is 12.1 Å². The highest BCUT2D eigenvalue weighted by molar-refractivity contribution is 5.69. The van der Waals surface area contributed by atoms with Crippen LogP contribution in [0.3, 0.4) is 0 Å². The van der Waals surface area contributed by atoms with Gasteiger partial charge >= 0.3 is 5.97 Å². The number of ether oxygens (including phenoxy) is 1. The van der Waals surface area contributed by atoms with E-state index in [1.165, 1.54) is 109 Å². The van der Waals surface area contributed by atoms with Crippen molar-refractivity contribution >= 4 is 5.97 Å². The fourth-order valence-corrected chi connectivity index (χ4v) is 10.6. The molecule has 0 aromatic heterocycles. The first-order valence-corrected chi connectivity index (χ1v) is 18.6. The van der Waals surface area contributed by atoms with E-state index in [4.69, 9.17) is 4.74 Å². The van der Waals surface area contributed by atoms with E-state index in [9.17, 15) is 4.79 Å². The van der Waals surface area contributed by atoms with Gasteiger partial charge in [-0.15, -0.1) is 0 Å². The van der Waals surface area contributed by atoms with Gasteiger partial charge in [0.1, 0.15) is 6.10 Å². The Hall–Kier alpha value is -0.790. The van der Waals surface area contributed by atoms with Gasteiger partial charge in [0.15, 0.2) is 0 Å². The van der Waals surface area contributed by atoms with Crippen molar-refractivity contribution in [1.29, 1.82) is 0 Å². The topological polar surface area (TPSA) is 26.3 Å². The summed E-state index contributed by atoms with van der Waals surface area (Å²) in [5.41, 5.74) is 2.54. The standard InChI is InChI=1S/C39H68O2/c1-7-8-9-10-11-12-13-14-15-19-37(40)41-32-24-26-38(5)31(28-32)20-21-33-35-23-22-34(30(4)18-16-17-29(2)3)39(35,6)27-25-36(33)38/h20,29-30,32-36H,7-19,21-28H2,1-6H3/t30-,32?,33?,34?,35?,36?,38+,39-/m1/s1. The van der Waals surface area contributed by atoms with E-state index in [0.717, 1.165) is 54.8 Å². The largest absolute Gasteiger partial charge is 0.462 e. The molecule has 0 spiro atoms. The molecule has 41 heavy (non-hydrogen) atoms. The number of carbonyl (C=O) groups excluding carboxylic acids is 1. The summed E-state index contributed by atoms with van der Waals surface area (Å²) < 4.78 is 6.09. The summed E-state index contributed by atoms with van der Waals surface area (Å²) >= 11 is 0. The van der Waals surface area contributed by atoms with Crippen molar-refractivity contribution in [2.75, 3.05) is 0 Å². The molecule has 4 rings (SSSR count). The van der Waals surface area contributed by atoms with Gasteiger partial charge in [-0.3, -0.25) is 4.79 Å². The lowest BCUT2D eigenvalue weighted by molar-refractivity contribution is -0.151. The number of unbranched alkanes of at least 4 members (excludes halogenated alkanes) is 8. The lowest BCUT2D eigenvalue weighted by Crippen LogP contribution is -2.51. The van der Waals surface area contributed by atoms with Crippen LogP contribution in [0.5, 0.6) is 0 Å². The highest BCUT2D eigenvalue weighted by Gasteiger charge is 2.59. The Labute approximate surface area is 255 Å². The number of allylic oxidation sites excluding steroid dienone is 1. The van der Waals surface area contributed by atoms with Gasteiger partial charge in [-0.25, -0.2) is 0 Å². The Kier molecular flexibility index (Phi) is 12.3. The molecular weight excluding hydrogens is 500 g/mol. The molecule has 3 fully saturated rings. The van der Waals surface area contributed by atoms with E-state index in [0.29, 0.717) is 17.3 Å². The molecule has 4 aliphatic carbocycles. The fraction of sp³-hybridized carbons (Fsp3) is 0.923. The van der Waals surface area contributed by atoms with E-state index < -0.39 is 0 Å². The van der Waals surface area contributed by atoms with Crippen LogP contribution in [0.25, 0.3) is 0 Å². The summed E-state index contributed by atoms with van der Waals surface area (Å²) in [6.45, 7) is 14.9. The second-order valence-electron chi connectivity index (χ2n) is 16.2. The third kappa shape index (κ3) is 8.03. The van der Waals surface area contributed by atoms with Crippen molar-refractivity contribution in [2.45, 2.75) is 182 Å². The van der Waals surface area contributed by atoms with E-state index in [1.807, 2.05) is 0 Å². The van der Waals surface area contributed by atoms with Crippen LogP contribution in [0.4, 0.5) is 0 Å². The minimum absolute atomic E-state index is 0.0591. The molecular formula is C39H68O2. The maximum Gasteiger partial charge on any atom is 0.306 e. The monoisotopic (exact) mass is 569 g/mol. The third-order valence-corrected chi connectivity index (χ3v) is 13.0. The molecule has 0 aliphatic heterocycles. The molecule has 0 bridgehead atoms. The van der Waals surface area contributed by atoms with E-state index in [1.54, 1.807) is 5.57 Å². The van der Waals surface area contributed by atoms with Crippen molar-refractivity contribution in [3.63, 3.8) is 0 Å². The van der Waals surface area contributed by atoms with Gasteiger partial charge in [0.2, 0.25) is 0 Å². The van der Waals surface area contributed by atoms with Crippen molar-refractivity contribution in [3.05, 3.63) is 11.6 Å². The van der Waals surface area contributed by atoms with Crippen molar-refractivity contribution in [1.82, 2.24) is 0 Å². The molecule has 2 heteroatoms. The number of hydrogen-bond acceptors (Lipinski definition) is 2. The van der Waals surface area contributed by atoms with Crippen LogP contribution < -0.4 is 0 Å². The highest BCUT2D eigenvalue weighted by atomic mass is 16.5. The van der Waals surface area contributed by atoms with Gasteiger partial charge in [0.25, 0.3) is 0 Å². The van der Waals surface area contributed by atoms with Crippen LogP contribution in [-0.2, 0) is 9.53 Å². The van der Waals surface area contributed by atoms with Crippen LogP contribution >= 0.6 is 0 Å². The minimum Gasteiger partial charge on any atom is -0.462 e. The van der Waals surface area contributed by atoms with Crippen molar-refractivity contribution < 1.29 is 9.53 Å². The molecule has 0 radical (unpaired) electrons. The predicted molar refractivity (Wildman–Crippen MR) is 175 cm³/mol. The predicted octanol–water partition coefficient (Wildman–Crippen LogP) is 11.9. The summed E-state index contributed by atoms with van der Waals surface area (Å²) in [5.74, 6) is 5.34. The molecule has 0 saturated heterocycles. The lowest BCUT2D eigenvalue weighted by Gasteiger charge is -2.58. The fourth-order valence-electron chi connectivity index (χ4n) is 10.6. The molecule has 0 aromatic carbocycles. The number of fused-ring (bicyclic) bond motifs is 5. The second kappa shape index (κ2) is 15.3. The third-order valence-electron chi connectivity index (χ3n) is 13.0. The van der Waals surface area contributed by atoms with Gasteiger partial charge < -0.3 is 4.74 Å². The zero-order chi connectivity index (χ0) is 29.5. The molecule has 4 aliphatic rings. The average Bonchev–Trinajstić information content (AvgIpc) is 3.29. The van der Waals surface area contributed by atoms with Gasteiger partial charge in [-0.05, 0) is 97.7 Å². The second-order valence-corrected chi connectivity index (χ2v) is 16.2. The van der Waals surface area contributed by atoms with E-state index >= 15 is 0 Å². The quantitative estimate of drug-likeness (QED) is 0.105. The first kappa shape index (κ1) is 33.1. The number of rotatable bonds is 16. The molecule has 8 atom stereocenters. The van der Waals surface area contributed by atoms with Gasteiger partial charge in [0, 0.05) is 12.8 Å².